The lowest BCUT2D eigenvalue weighted by Crippen LogP contribution is -2.41. The summed E-state index contributed by atoms with van der Waals surface area (Å²) in [5, 5.41) is 0. The van der Waals surface area contributed by atoms with E-state index in [1.807, 2.05) is 20.8 Å². The van der Waals surface area contributed by atoms with Gasteiger partial charge in [-0.15, -0.1) is 0 Å². The number of hydrogen-bond donors (Lipinski definition) is 0. The first-order valence-corrected chi connectivity index (χ1v) is 11.4. The molecule has 4 bridgehead atoms. The maximum absolute atomic E-state index is 13.1. The van der Waals surface area contributed by atoms with Crippen LogP contribution in [0.3, 0.4) is 0 Å². The average molecular weight is 408 g/mol. The number of likely N-dealkylation sites (tertiary alicyclic amines) is 2. The predicted molar refractivity (Wildman–Crippen MR) is 107 cm³/mol. The lowest BCUT2D eigenvalue weighted by Gasteiger charge is -2.29. The molecule has 158 valence electrons. The standard InChI is InChI=1S/C24H28N2O4/c1-10(2)25-21(27)19-15-8-14(16(9-15)20(19)24(25)30)6-11(3)26-22(28)17-12-4-5-13(7-12)18(17)23(26)29/h4-5,8,10-13,15-20H,6-7,9H2,1-3H3/t11?,12-,13+,15?,16?,17+,18-,19-,20+/m1/s1. The second-order valence-corrected chi connectivity index (χ2v) is 10.5. The zero-order valence-corrected chi connectivity index (χ0v) is 17.7. The molecule has 0 N–H and O–H groups in total. The SMILES string of the molecule is CC(C)N1C(=O)[C@@H]2C3C=C(CC(C)N4C(=O)[C@@H]5[C@H](C4=O)[C@H]4C=C[C@@H]5C4)C(C3)[C@@H]2C1=O. The van der Waals surface area contributed by atoms with Crippen LogP contribution in [0.5, 0.6) is 0 Å². The van der Waals surface area contributed by atoms with Crippen molar-refractivity contribution in [1.82, 2.24) is 9.80 Å². The molecule has 4 aliphatic carbocycles. The van der Waals surface area contributed by atoms with Crippen molar-refractivity contribution < 1.29 is 19.2 Å². The van der Waals surface area contributed by atoms with E-state index in [1.54, 1.807) is 0 Å². The molecule has 0 spiro atoms. The Hall–Kier alpha value is -2.24. The molecule has 6 aliphatic rings. The lowest BCUT2D eigenvalue weighted by molar-refractivity contribution is -0.144. The summed E-state index contributed by atoms with van der Waals surface area (Å²) < 4.78 is 0. The number of allylic oxidation sites excluding steroid dienone is 3. The molecule has 4 fully saturated rings. The van der Waals surface area contributed by atoms with Crippen LogP contribution < -0.4 is 0 Å². The van der Waals surface area contributed by atoms with E-state index >= 15 is 0 Å². The summed E-state index contributed by atoms with van der Waals surface area (Å²) in [5.41, 5.74) is 1.17. The van der Waals surface area contributed by atoms with Crippen LogP contribution in [0.15, 0.2) is 23.8 Å². The number of carbonyl (C=O) groups is 4. The van der Waals surface area contributed by atoms with Crippen LogP contribution in [0.4, 0.5) is 0 Å². The number of carbonyl (C=O) groups excluding carboxylic acids is 4. The molecule has 2 saturated carbocycles. The molecule has 6 nitrogen and oxygen atoms in total. The van der Waals surface area contributed by atoms with E-state index in [4.69, 9.17) is 0 Å². The fourth-order valence-corrected chi connectivity index (χ4v) is 7.67. The van der Waals surface area contributed by atoms with E-state index in [0.29, 0.717) is 6.42 Å². The summed E-state index contributed by atoms with van der Waals surface area (Å²) in [7, 11) is 0. The number of nitrogens with zero attached hydrogens (tertiary/aromatic N) is 2. The molecule has 4 amide bonds. The van der Waals surface area contributed by atoms with E-state index in [2.05, 4.69) is 18.2 Å². The van der Waals surface area contributed by atoms with Crippen molar-refractivity contribution in [2.45, 2.75) is 52.1 Å². The number of hydrogen-bond acceptors (Lipinski definition) is 4. The molecule has 0 aromatic rings. The largest absolute Gasteiger partial charge is 0.280 e. The first kappa shape index (κ1) is 18.5. The smallest absolute Gasteiger partial charge is 0.233 e. The summed E-state index contributed by atoms with van der Waals surface area (Å²) >= 11 is 0. The fourth-order valence-electron chi connectivity index (χ4n) is 7.67. The molecule has 0 radical (unpaired) electrons. The summed E-state index contributed by atoms with van der Waals surface area (Å²) in [4.78, 5) is 55.0. The second kappa shape index (κ2) is 5.92. The van der Waals surface area contributed by atoms with Gasteiger partial charge in [0.2, 0.25) is 23.6 Å². The topological polar surface area (TPSA) is 74.8 Å². The van der Waals surface area contributed by atoms with Crippen molar-refractivity contribution in [3.05, 3.63) is 23.8 Å². The number of amides is 4. The van der Waals surface area contributed by atoms with Gasteiger partial charge < -0.3 is 0 Å². The van der Waals surface area contributed by atoms with Crippen LogP contribution in [-0.4, -0.2) is 45.5 Å². The van der Waals surface area contributed by atoms with Crippen molar-refractivity contribution in [3.63, 3.8) is 0 Å². The molecular formula is C24H28N2O4. The molecule has 2 aliphatic heterocycles. The van der Waals surface area contributed by atoms with Gasteiger partial charge in [0.25, 0.3) is 0 Å². The van der Waals surface area contributed by atoms with Crippen LogP contribution in [0.25, 0.3) is 0 Å². The van der Waals surface area contributed by atoms with E-state index in [0.717, 1.165) is 12.8 Å². The molecule has 6 rings (SSSR count). The Morgan fingerprint density at radius 2 is 1.30 bits per heavy atom. The van der Waals surface area contributed by atoms with Gasteiger partial charge in [-0.3, -0.25) is 29.0 Å². The molecule has 3 unspecified atom stereocenters. The van der Waals surface area contributed by atoms with E-state index < -0.39 is 0 Å². The van der Waals surface area contributed by atoms with Crippen LogP contribution in [0.1, 0.15) is 40.0 Å². The number of fused-ring (bicyclic) bond motifs is 10. The van der Waals surface area contributed by atoms with Gasteiger partial charge in [0.05, 0.1) is 23.7 Å². The monoisotopic (exact) mass is 408 g/mol. The summed E-state index contributed by atoms with van der Waals surface area (Å²) in [6, 6.07) is -0.312. The Morgan fingerprint density at radius 3 is 1.90 bits per heavy atom. The molecule has 2 saturated heterocycles. The Morgan fingerprint density at radius 1 is 0.767 bits per heavy atom. The minimum Gasteiger partial charge on any atom is -0.280 e. The molecule has 2 heterocycles. The fraction of sp³-hybridized carbons (Fsp3) is 0.667. The molecule has 0 aromatic carbocycles. The quantitative estimate of drug-likeness (QED) is 0.528. The van der Waals surface area contributed by atoms with Gasteiger partial charge in [0.15, 0.2) is 0 Å². The highest BCUT2D eigenvalue weighted by Crippen LogP contribution is 2.57. The maximum Gasteiger partial charge on any atom is 0.233 e. The summed E-state index contributed by atoms with van der Waals surface area (Å²) in [6.45, 7) is 5.73. The first-order chi connectivity index (χ1) is 14.3. The van der Waals surface area contributed by atoms with Gasteiger partial charge in [-0.25, -0.2) is 0 Å². The van der Waals surface area contributed by atoms with Crippen molar-refractivity contribution in [2.24, 2.45) is 47.3 Å². The Kier molecular flexibility index (Phi) is 3.66. The molecule has 0 aromatic heterocycles. The lowest BCUT2D eigenvalue weighted by atomic mass is 9.79. The predicted octanol–water partition coefficient (Wildman–Crippen LogP) is 2.16. The van der Waals surface area contributed by atoms with Crippen LogP contribution in [0.2, 0.25) is 0 Å². The second-order valence-electron chi connectivity index (χ2n) is 10.5. The number of imide groups is 2. The maximum atomic E-state index is 13.1. The minimum absolute atomic E-state index is 0.00548. The summed E-state index contributed by atoms with van der Waals surface area (Å²) in [6.07, 6.45) is 8.82. The van der Waals surface area contributed by atoms with E-state index in [9.17, 15) is 19.2 Å². The van der Waals surface area contributed by atoms with Gasteiger partial charge >= 0.3 is 0 Å². The Labute approximate surface area is 176 Å². The van der Waals surface area contributed by atoms with Gasteiger partial charge in [-0.2, -0.15) is 0 Å². The van der Waals surface area contributed by atoms with E-state index in [1.165, 1.54) is 15.4 Å². The normalized spacial score (nSPS) is 44.1. The number of rotatable bonds is 4. The van der Waals surface area contributed by atoms with E-state index in [-0.39, 0.29) is 83.1 Å². The van der Waals surface area contributed by atoms with Crippen LogP contribution in [-0.2, 0) is 19.2 Å². The van der Waals surface area contributed by atoms with Gasteiger partial charge in [0.1, 0.15) is 0 Å². The van der Waals surface area contributed by atoms with Gasteiger partial charge in [-0.1, -0.05) is 23.8 Å². The van der Waals surface area contributed by atoms with Crippen LogP contribution >= 0.6 is 0 Å². The molecule has 30 heavy (non-hydrogen) atoms. The highest BCUT2D eigenvalue weighted by molar-refractivity contribution is 6.07. The van der Waals surface area contributed by atoms with Gasteiger partial charge in [-0.05, 0) is 63.7 Å². The molecular weight excluding hydrogens is 380 g/mol. The molecule has 9 atom stereocenters. The third kappa shape index (κ3) is 2.10. The first-order valence-electron chi connectivity index (χ1n) is 11.4. The zero-order chi connectivity index (χ0) is 21.1. The average Bonchev–Trinajstić information content (AvgIpc) is 3.47. The van der Waals surface area contributed by atoms with Crippen LogP contribution in [0, 0.1) is 47.3 Å². The van der Waals surface area contributed by atoms with Crippen molar-refractivity contribution in [1.29, 1.82) is 0 Å². The van der Waals surface area contributed by atoms with Gasteiger partial charge in [0, 0.05) is 12.1 Å². The highest BCUT2D eigenvalue weighted by Gasteiger charge is 2.63. The third-order valence-corrected chi connectivity index (χ3v) is 8.75. The highest BCUT2D eigenvalue weighted by atomic mass is 16.2. The van der Waals surface area contributed by atoms with Crippen molar-refractivity contribution in [2.75, 3.05) is 0 Å². The minimum atomic E-state index is -0.249. The van der Waals surface area contributed by atoms with Crippen molar-refractivity contribution >= 4 is 23.6 Å². The Bertz CT molecular complexity index is 919. The van der Waals surface area contributed by atoms with Crippen molar-refractivity contribution in [3.8, 4) is 0 Å². The Balaban J connectivity index is 1.21. The molecule has 6 heteroatoms. The summed E-state index contributed by atoms with van der Waals surface area (Å²) in [5.74, 6) is -0.207. The third-order valence-electron chi connectivity index (χ3n) is 8.75. The zero-order valence-electron chi connectivity index (χ0n) is 17.7.